The molecular weight excluding hydrogens is 280 g/mol. The zero-order valence-electron chi connectivity index (χ0n) is 11.4. The van der Waals surface area contributed by atoms with Crippen LogP contribution in [0.3, 0.4) is 0 Å². The van der Waals surface area contributed by atoms with E-state index in [1.54, 1.807) is 0 Å². The Kier molecular flexibility index (Phi) is 2.69. The van der Waals surface area contributed by atoms with E-state index >= 15 is 0 Å². The first-order valence-electron chi connectivity index (χ1n) is 6.75. The number of ketones is 1. The van der Waals surface area contributed by atoms with Crippen LogP contribution in [-0.2, 0) is 0 Å². The highest BCUT2D eigenvalue weighted by molar-refractivity contribution is 7.21. The van der Waals surface area contributed by atoms with Gasteiger partial charge in [0.05, 0.1) is 4.88 Å². The number of hydrogen-bond acceptors (Lipinski definition) is 3. The number of aryl methyl sites for hydroxylation is 1. The van der Waals surface area contributed by atoms with Gasteiger partial charge in [-0.2, -0.15) is 0 Å². The molecule has 0 aliphatic heterocycles. The van der Waals surface area contributed by atoms with Gasteiger partial charge in [0.2, 0.25) is 5.78 Å². The molecule has 2 heterocycles. The molecule has 0 spiro atoms. The van der Waals surface area contributed by atoms with Crippen molar-refractivity contribution in [2.24, 2.45) is 0 Å². The summed E-state index contributed by atoms with van der Waals surface area (Å²) < 4.78 is 6.89. The number of para-hydroxylation sites is 1. The molecule has 0 saturated heterocycles. The quantitative estimate of drug-likeness (QED) is 0.476. The van der Waals surface area contributed by atoms with Crippen molar-refractivity contribution in [3.8, 4) is 0 Å². The lowest BCUT2D eigenvalue weighted by Crippen LogP contribution is -1.95. The number of carbonyl (C=O) groups excluding carboxylic acids is 1. The van der Waals surface area contributed by atoms with Crippen LogP contribution in [0.25, 0.3) is 21.1 Å². The molecule has 0 amide bonds. The second-order valence-corrected chi connectivity index (χ2v) is 6.17. The number of benzene rings is 2. The molecule has 4 rings (SSSR count). The zero-order valence-corrected chi connectivity index (χ0v) is 12.2. The van der Waals surface area contributed by atoms with Gasteiger partial charge in [-0.3, -0.25) is 4.79 Å². The third kappa shape index (κ3) is 1.98. The topological polar surface area (TPSA) is 30.2 Å². The summed E-state index contributed by atoms with van der Waals surface area (Å²) >= 11 is 1.50. The Hall–Kier alpha value is -2.39. The summed E-state index contributed by atoms with van der Waals surface area (Å²) in [5.74, 6) is 0.359. The molecule has 2 nitrogen and oxygen atoms in total. The van der Waals surface area contributed by atoms with Crippen LogP contribution >= 0.6 is 11.3 Å². The normalized spacial score (nSPS) is 11.3. The molecule has 0 unspecified atom stereocenters. The highest BCUT2D eigenvalue weighted by atomic mass is 32.1. The Balaban J connectivity index is 1.83. The van der Waals surface area contributed by atoms with Gasteiger partial charge in [-0.15, -0.1) is 11.3 Å². The Labute approximate surface area is 125 Å². The molecule has 3 heteroatoms. The number of rotatable bonds is 2. The predicted octanol–water partition coefficient (Wildman–Crippen LogP) is 5.19. The zero-order chi connectivity index (χ0) is 14.4. The van der Waals surface area contributed by atoms with Gasteiger partial charge in [-0.1, -0.05) is 36.4 Å². The highest BCUT2D eigenvalue weighted by Gasteiger charge is 2.17. The van der Waals surface area contributed by atoms with E-state index in [1.807, 2.05) is 61.5 Å². The molecule has 0 aliphatic carbocycles. The van der Waals surface area contributed by atoms with Crippen molar-refractivity contribution in [2.75, 3.05) is 0 Å². The second-order valence-electron chi connectivity index (χ2n) is 5.08. The van der Waals surface area contributed by atoms with Gasteiger partial charge in [0.25, 0.3) is 0 Å². The molecule has 0 radical (unpaired) electrons. The Morgan fingerprint density at radius 2 is 1.81 bits per heavy atom. The minimum atomic E-state index is -0.0493. The van der Waals surface area contributed by atoms with E-state index in [0.717, 1.165) is 26.6 Å². The lowest BCUT2D eigenvalue weighted by Gasteiger charge is -1.93. The summed E-state index contributed by atoms with van der Waals surface area (Å²) in [5, 5.41) is 2.07. The van der Waals surface area contributed by atoms with Gasteiger partial charge in [-0.25, -0.2) is 0 Å². The van der Waals surface area contributed by atoms with Gasteiger partial charge < -0.3 is 4.42 Å². The van der Waals surface area contributed by atoms with Crippen LogP contribution in [0, 0.1) is 6.92 Å². The summed E-state index contributed by atoms with van der Waals surface area (Å²) in [6.07, 6.45) is 0. The lowest BCUT2D eigenvalue weighted by molar-refractivity contribution is 0.101. The molecule has 0 fully saturated rings. The summed E-state index contributed by atoms with van der Waals surface area (Å²) in [5.41, 5.74) is 1.84. The van der Waals surface area contributed by atoms with E-state index in [9.17, 15) is 4.79 Å². The molecule has 0 N–H and O–H groups in total. The maximum absolute atomic E-state index is 12.6. The van der Waals surface area contributed by atoms with Crippen molar-refractivity contribution in [3.05, 3.63) is 70.8 Å². The monoisotopic (exact) mass is 292 g/mol. The van der Waals surface area contributed by atoms with Crippen molar-refractivity contribution in [1.29, 1.82) is 0 Å². The van der Waals surface area contributed by atoms with Crippen LogP contribution in [0.15, 0.2) is 59.0 Å². The molecule has 4 aromatic rings. The van der Waals surface area contributed by atoms with Crippen molar-refractivity contribution in [2.45, 2.75) is 6.92 Å². The molecule has 102 valence electrons. The molecule has 2 aromatic carbocycles. The number of fused-ring (bicyclic) bond motifs is 2. The minimum absolute atomic E-state index is 0.0493. The SMILES string of the molecule is Cc1cccc2cc(C(=O)c3cc4ccccc4s3)oc12. The number of carbonyl (C=O) groups is 1. The van der Waals surface area contributed by atoms with Crippen LogP contribution in [-0.4, -0.2) is 5.78 Å². The van der Waals surface area contributed by atoms with Crippen LogP contribution in [0.4, 0.5) is 0 Å². The van der Waals surface area contributed by atoms with Crippen LogP contribution in [0.1, 0.15) is 21.0 Å². The van der Waals surface area contributed by atoms with E-state index in [4.69, 9.17) is 4.42 Å². The van der Waals surface area contributed by atoms with Crippen molar-refractivity contribution < 1.29 is 9.21 Å². The average Bonchev–Trinajstić information content (AvgIpc) is 3.11. The number of furan rings is 1. The van der Waals surface area contributed by atoms with Crippen LogP contribution in [0.2, 0.25) is 0 Å². The van der Waals surface area contributed by atoms with Crippen LogP contribution < -0.4 is 0 Å². The average molecular weight is 292 g/mol. The third-order valence-corrected chi connectivity index (χ3v) is 4.73. The fourth-order valence-electron chi connectivity index (χ4n) is 2.54. The second kappa shape index (κ2) is 4.57. The minimum Gasteiger partial charge on any atom is -0.452 e. The first-order chi connectivity index (χ1) is 10.2. The smallest absolute Gasteiger partial charge is 0.238 e. The summed E-state index contributed by atoms with van der Waals surface area (Å²) in [7, 11) is 0. The fourth-order valence-corrected chi connectivity index (χ4v) is 3.54. The summed E-state index contributed by atoms with van der Waals surface area (Å²) in [4.78, 5) is 13.3. The molecular formula is C18H12O2S. The molecule has 21 heavy (non-hydrogen) atoms. The first kappa shape index (κ1) is 12.4. The van der Waals surface area contributed by atoms with Gasteiger partial charge in [0.15, 0.2) is 5.76 Å². The van der Waals surface area contributed by atoms with Gasteiger partial charge in [0, 0.05) is 10.1 Å². The fraction of sp³-hybridized carbons (Fsp3) is 0.0556. The molecule has 2 aromatic heterocycles. The number of thiophene rings is 1. The van der Waals surface area contributed by atoms with Crippen molar-refractivity contribution in [3.63, 3.8) is 0 Å². The maximum Gasteiger partial charge on any atom is 0.238 e. The molecule has 0 saturated carbocycles. The van der Waals surface area contributed by atoms with E-state index < -0.39 is 0 Å². The van der Waals surface area contributed by atoms with Crippen molar-refractivity contribution in [1.82, 2.24) is 0 Å². The largest absolute Gasteiger partial charge is 0.452 e. The number of hydrogen-bond donors (Lipinski definition) is 0. The Bertz CT molecular complexity index is 942. The van der Waals surface area contributed by atoms with Crippen LogP contribution in [0.5, 0.6) is 0 Å². The van der Waals surface area contributed by atoms with E-state index in [1.165, 1.54) is 11.3 Å². The van der Waals surface area contributed by atoms with E-state index in [-0.39, 0.29) is 5.78 Å². The van der Waals surface area contributed by atoms with Gasteiger partial charge in [-0.05, 0) is 36.1 Å². The standard InChI is InChI=1S/C18H12O2S/c1-11-5-4-7-13-9-14(20-18(11)13)17(19)16-10-12-6-2-3-8-15(12)21-16/h2-10H,1H3. The predicted molar refractivity (Wildman–Crippen MR) is 86.2 cm³/mol. The van der Waals surface area contributed by atoms with Gasteiger partial charge >= 0.3 is 0 Å². The molecule has 0 aliphatic rings. The Morgan fingerprint density at radius 1 is 1.00 bits per heavy atom. The lowest BCUT2D eigenvalue weighted by atomic mass is 10.1. The van der Waals surface area contributed by atoms with E-state index in [0.29, 0.717) is 10.6 Å². The summed E-state index contributed by atoms with van der Waals surface area (Å²) in [6, 6.07) is 17.7. The maximum atomic E-state index is 12.6. The molecule has 0 atom stereocenters. The summed E-state index contributed by atoms with van der Waals surface area (Å²) in [6.45, 7) is 1.99. The van der Waals surface area contributed by atoms with Crippen molar-refractivity contribution >= 4 is 38.2 Å². The van der Waals surface area contributed by atoms with Gasteiger partial charge in [0.1, 0.15) is 5.58 Å². The highest BCUT2D eigenvalue weighted by Crippen LogP contribution is 2.29. The first-order valence-corrected chi connectivity index (χ1v) is 7.56. The third-order valence-electron chi connectivity index (χ3n) is 3.61. The van der Waals surface area contributed by atoms with E-state index in [2.05, 4.69) is 0 Å². The molecule has 0 bridgehead atoms. The Morgan fingerprint density at radius 3 is 2.62 bits per heavy atom.